The Labute approximate surface area is 121 Å². The number of hydrogen-bond donors (Lipinski definition) is 1. The molecule has 1 N–H and O–H groups in total. The van der Waals surface area contributed by atoms with E-state index >= 15 is 0 Å². The Balaban J connectivity index is 2.18. The van der Waals surface area contributed by atoms with E-state index in [0.29, 0.717) is 19.3 Å². The summed E-state index contributed by atoms with van der Waals surface area (Å²) in [5, 5.41) is 5.77. The topological polar surface area (TPSA) is 30.5 Å². The highest BCUT2D eigenvalue weighted by molar-refractivity contribution is 7.09. The van der Waals surface area contributed by atoms with Crippen molar-refractivity contribution in [2.45, 2.75) is 38.6 Å². The van der Waals surface area contributed by atoms with E-state index < -0.39 is 0 Å². The summed E-state index contributed by atoms with van der Waals surface area (Å²) in [5.74, 6) is 0. The number of methoxy groups -OCH3 is 1. The predicted octanol–water partition coefficient (Wildman–Crippen LogP) is 3.10. The lowest BCUT2D eigenvalue weighted by atomic mass is 10.1. The highest BCUT2D eigenvalue weighted by atomic mass is 32.1. The zero-order chi connectivity index (χ0) is 13.8. The van der Waals surface area contributed by atoms with Crippen LogP contribution in [0.4, 0.5) is 0 Å². The zero-order valence-electron chi connectivity index (χ0n) is 12.2. The maximum absolute atomic E-state index is 5.56. The van der Waals surface area contributed by atoms with Crippen molar-refractivity contribution in [1.29, 1.82) is 0 Å². The van der Waals surface area contributed by atoms with Crippen LogP contribution >= 0.6 is 11.3 Å². The second-order valence-electron chi connectivity index (χ2n) is 4.66. The number of aryl methyl sites for hydroxylation is 1. The fraction of sp³-hybridized carbons (Fsp3) is 0.733. The molecule has 1 heterocycles. The second-order valence-corrected chi connectivity index (χ2v) is 5.70. The van der Waals surface area contributed by atoms with Gasteiger partial charge in [0, 0.05) is 24.6 Å². The molecule has 3 nitrogen and oxygen atoms in total. The van der Waals surface area contributed by atoms with Crippen LogP contribution in [0.5, 0.6) is 0 Å². The van der Waals surface area contributed by atoms with Gasteiger partial charge in [-0.3, -0.25) is 0 Å². The summed E-state index contributed by atoms with van der Waals surface area (Å²) in [7, 11) is 1.70. The highest BCUT2D eigenvalue weighted by Gasteiger charge is 2.08. The van der Waals surface area contributed by atoms with E-state index in [0.717, 1.165) is 26.0 Å². The molecule has 110 valence electrons. The molecule has 1 atom stereocenters. The standard InChI is InChI=1S/C15H27NO2S/c1-3-9-16-14(8-10-18-12-11-17-2)6-7-15-5-4-13-19-15/h4-5,13-14,16H,3,6-12H2,1-2H3. The summed E-state index contributed by atoms with van der Waals surface area (Å²) in [6.45, 7) is 5.49. The average molecular weight is 285 g/mol. The molecule has 1 unspecified atom stereocenters. The van der Waals surface area contributed by atoms with Crippen molar-refractivity contribution in [3.05, 3.63) is 22.4 Å². The molecule has 1 rings (SSSR count). The minimum Gasteiger partial charge on any atom is -0.382 e. The van der Waals surface area contributed by atoms with Crippen LogP contribution in [-0.4, -0.2) is 39.5 Å². The quantitative estimate of drug-likeness (QED) is 0.599. The van der Waals surface area contributed by atoms with E-state index in [1.165, 1.54) is 17.7 Å². The Morgan fingerprint density at radius 3 is 2.84 bits per heavy atom. The summed E-state index contributed by atoms with van der Waals surface area (Å²) in [6.07, 6.45) is 4.61. The molecule has 0 aliphatic heterocycles. The monoisotopic (exact) mass is 285 g/mol. The van der Waals surface area contributed by atoms with Gasteiger partial charge in [0.2, 0.25) is 0 Å². The summed E-state index contributed by atoms with van der Waals surface area (Å²) < 4.78 is 10.5. The Kier molecular flexibility index (Phi) is 9.99. The van der Waals surface area contributed by atoms with Gasteiger partial charge in [0.15, 0.2) is 0 Å². The normalized spacial score (nSPS) is 12.7. The molecule has 0 amide bonds. The van der Waals surface area contributed by atoms with Crippen molar-refractivity contribution in [1.82, 2.24) is 5.32 Å². The third-order valence-corrected chi connectivity index (χ3v) is 3.98. The van der Waals surface area contributed by atoms with Gasteiger partial charge < -0.3 is 14.8 Å². The molecular formula is C15H27NO2S. The van der Waals surface area contributed by atoms with Crippen molar-refractivity contribution in [3.63, 3.8) is 0 Å². The van der Waals surface area contributed by atoms with Crippen molar-refractivity contribution in [2.75, 3.05) is 33.5 Å². The minimum atomic E-state index is 0.560. The average Bonchev–Trinajstić information content (AvgIpc) is 2.94. The maximum atomic E-state index is 5.56. The van der Waals surface area contributed by atoms with Crippen molar-refractivity contribution in [3.8, 4) is 0 Å². The van der Waals surface area contributed by atoms with Crippen molar-refractivity contribution in [2.24, 2.45) is 0 Å². The lowest BCUT2D eigenvalue weighted by Gasteiger charge is -2.18. The first-order chi connectivity index (χ1) is 9.36. The van der Waals surface area contributed by atoms with E-state index in [1.807, 2.05) is 11.3 Å². The predicted molar refractivity (Wildman–Crippen MR) is 82.0 cm³/mol. The molecule has 19 heavy (non-hydrogen) atoms. The first-order valence-electron chi connectivity index (χ1n) is 7.19. The van der Waals surface area contributed by atoms with E-state index in [9.17, 15) is 0 Å². The van der Waals surface area contributed by atoms with E-state index in [4.69, 9.17) is 9.47 Å². The van der Waals surface area contributed by atoms with Crippen LogP contribution in [0.2, 0.25) is 0 Å². The van der Waals surface area contributed by atoms with Crippen LogP contribution in [0.1, 0.15) is 31.1 Å². The van der Waals surface area contributed by atoms with Crippen LogP contribution in [0.15, 0.2) is 17.5 Å². The van der Waals surface area contributed by atoms with Crippen molar-refractivity contribution >= 4 is 11.3 Å². The highest BCUT2D eigenvalue weighted by Crippen LogP contribution is 2.13. The lowest BCUT2D eigenvalue weighted by molar-refractivity contribution is 0.0654. The van der Waals surface area contributed by atoms with Gasteiger partial charge in [-0.1, -0.05) is 13.0 Å². The fourth-order valence-corrected chi connectivity index (χ4v) is 2.66. The Hall–Kier alpha value is -0.420. The summed E-state index contributed by atoms with van der Waals surface area (Å²) in [5.41, 5.74) is 0. The Morgan fingerprint density at radius 1 is 1.26 bits per heavy atom. The number of nitrogens with one attached hydrogen (secondary N) is 1. The first-order valence-corrected chi connectivity index (χ1v) is 8.07. The number of rotatable bonds is 12. The third kappa shape index (κ3) is 8.37. The summed E-state index contributed by atoms with van der Waals surface area (Å²) in [4.78, 5) is 1.48. The van der Waals surface area contributed by atoms with Gasteiger partial charge >= 0.3 is 0 Å². The van der Waals surface area contributed by atoms with Gasteiger partial charge in [-0.15, -0.1) is 11.3 Å². The number of ether oxygens (including phenoxy) is 2. The minimum absolute atomic E-state index is 0.560. The largest absolute Gasteiger partial charge is 0.382 e. The molecule has 0 aromatic carbocycles. The molecule has 0 bridgehead atoms. The molecule has 0 aliphatic rings. The number of thiophene rings is 1. The van der Waals surface area contributed by atoms with Gasteiger partial charge in [0.05, 0.1) is 13.2 Å². The summed E-state index contributed by atoms with van der Waals surface area (Å²) >= 11 is 1.85. The number of hydrogen-bond acceptors (Lipinski definition) is 4. The van der Waals surface area contributed by atoms with Crippen LogP contribution < -0.4 is 5.32 Å². The molecule has 0 aliphatic carbocycles. The zero-order valence-corrected chi connectivity index (χ0v) is 13.0. The molecular weight excluding hydrogens is 258 g/mol. The Morgan fingerprint density at radius 2 is 2.16 bits per heavy atom. The van der Waals surface area contributed by atoms with Gasteiger partial charge in [-0.2, -0.15) is 0 Å². The lowest BCUT2D eigenvalue weighted by Crippen LogP contribution is -2.31. The molecule has 4 heteroatoms. The second kappa shape index (κ2) is 11.4. The van der Waals surface area contributed by atoms with Gasteiger partial charge in [0.1, 0.15) is 0 Å². The van der Waals surface area contributed by atoms with E-state index in [1.54, 1.807) is 7.11 Å². The van der Waals surface area contributed by atoms with Gasteiger partial charge in [-0.25, -0.2) is 0 Å². The molecule has 0 saturated carbocycles. The van der Waals surface area contributed by atoms with Crippen LogP contribution in [0.3, 0.4) is 0 Å². The van der Waals surface area contributed by atoms with Crippen LogP contribution in [0.25, 0.3) is 0 Å². The molecule has 0 spiro atoms. The van der Waals surface area contributed by atoms with Crippen LogP contribution in [-0.2, 0) is 15.9 Å². The molecule has 0 saturated heterocycles. The van der Waals surface area contributed by atoms with Crippen molar-refractivity contribution < 1.29 is 9.47 Å². The Bertz CT molecular complexity index is 290. The molecule has 1 aromatic rings. The van der Waals surface area contributed by atoms with E-state index in [2.05, 4.69) is 29.8 Å². The molecule has 0 radical (unpaired) electrons. The first kappa shape index (κ1) is 16.6. The van der Waals surface area contributed by atoms with Crippen LogP contribution in [0, 0.1) is 0 Å². The molecule has 1 aromatic heterocycles. The SMILES string of the molecule is CCCNC(CCOCCOC)CCc1cccs1. The van der Waals surface area contributed by atoms with Gasteiger partial charge in [0.25, 0.3) is 0 Å². The smallest absolute Gasteiger partial charge is 0.0700 e. The van der Waals surface area contributed by atoms with Gasteiger partial charge in [-0.05, 0) is 43.7 Å². The molecule has 0 fully saturated rings. The fourth-order valence-electron chi connectivity index (χ4n) is 1.94. The summed E-state index contributed by atoms with van der Waals surface area (Å²) in [6, 6.07) is 4.91. The van der Waals surface area contributed by atoms with E-state index in [-0.39, 0.29) is 0 Å². The maximum Gasteiger partial charge on any atom is 0.0700 e. The third-order valence-electron chi connectivity index (χ3n) is 3.04.